The van der Waals surface area contributed by atoms with Crippen LogP contribution < -0.4 is 4.72 Å². The minimum Gasteiger partial charge on any atom is -0.478 e. The SMILES string of the molecule is Cc1ccc(S(=O)(=O)NC(C)C2CCOC2)cc1C(=O)O. The molecule has 1 heterocycles. The summed E-state index contributed by atoms with van der Waals surface area (Å²) in [6, 6.07) is 3.85. The van der Waals surface area contributed by atoms with E-state index < -0.39 is 16.0 Å². The number of nitrogens with one attached hydrogen (secondary N) is 1. The molecular formula is C14H19NO5S. The third kappa shape index (κ3) is 3.61. The molecule has 6 nitrogen and oxygen atoms in total. The zero-order valence-corrected chi connectivity index (χ0v) is 12.8. The van der Waals surface area contributed by atoms with Crippen molar-refractivity contribution in [3.05, 3.63) is 29.3 Å². The monoisotopic (exact) mass is 313 g/mol. The second-order valence-electron chi connectivity index (χ2n) is 5.32. The predicted octanol–water partition coefficient (Wildman–Crippen LogP) is 1.40. The van der Waals surface area contributed by atoms with Crippen molar-refractivity contribution >= 4 is 16.0 Å². The average molecular weight is 313 g/mol. The Morgan fingerprint density at radius 3 is 2.76 bits per heavy atom. The molecule has 2 N–H and O–H groups in total. The van der Waals surface area contributed by atoms with E-state index >= 15 is 0 Å². The van der Waals surface area contributed by atoms with Gasteiger partial charge in [-0.15, -0.1) is 0 Å². The van der Waals surface area contributed by atoms with Crippen molar-refractivity contribution in [1.82, 2.24) is 4.72 Å². The second kappa shape index (κ2) is 6.13. The van der Waals surface area contributed by atoms with Gasteiger partial charge in [0, 0.05) is 18.6 Å². The Morgan fingerprint density at radius 2 is 2.19 bits per heavy atom. The van der Waals surface area contributed by atoms with Crippen molar-refractivity contribution in [1.29, 1.82) is 0 Å². The van der Waals surface area contributed by atoms with Crippen LogP contribution in [-0.4, -0.2) is 38.7 Å². The Kier molecular flexibility index (Phi) is 4.65. The summed E-state index contributed by atoms with van der Waals surface area (Å²) in [5, 5.41) is 9.08. The molecule has 1 saturated heterocycles. The summed E-state index contributed by atoms with van der Waals surface area (Å²) in [5.74, 6) is -0.994. The van der Waals surface area contributed by atoms with Crippen LogP contribution in [0.15, 0.2) is 23.1 Å². The summed E-state index contributed by atoms with van der Waals surface area (Å²) in [4.78, 5) is 11.1. The second-order valence-corrected chi connectivity index (χ2v) is 7.03. The van der Waals surface area contributed by atoms with Gasteiger partial charge in [0.25, 0.3) is 0 Å². The Bertz CT molecular complexity index is 635. The van der Waals surface area contributed by atoms with Gasteiger partial charge in [-0.2, -0.15) is 0 Å². The molecule has 2 unspecified atom stereocenters. The maximum absolute atomic E-state index is 12.3. The lowest BCUT2D eigenvalue weighted by molar-refractivity contribution is 0.0696. The van der Waals surface area contributed by atoms with Crippen molar-refractivity contribution in [2.75, 3.05) is 13.2 Å². The fourth-order valence-electron chi connectivity index (χ4n) is 2.35. The van der Waals surface area contributed by atoms with Gasteiger partial charge >= 0.3 is 5.97 Å². The van der Waals surface area contributed by atoms with Crippen LogP contribution in [0.4, 0.5) is 0 Å². The van der Waals surface area contributed by atoms with Crippen LogP contribution in [0, 0.1) is 12.8 Å². The molecule has 0 radical (unpaired) electrons. The van der Waals surface area contributed by atoms with Gasteiger partial charge in [0.05, 0.1) is 17.1 Å². The summed E-state index contributed by atoms with van der Waals surface area (Å²) in [6.45, 7) is 4.61. The van der Waals surface area contributed by atoms with Gasteiger partial charge in [-0.3, -0.25) is 0 Å². The first-order valence-corrected chi connectivity index (χ1v) is 8.23. The van der Waals surface area contributed by atoms with Gasteiger partial charge in [0.1, 0.15) is 0 Å². The van der Waals surface area contributed by atoms with Crippen LogP contribution in [0.2, 0.25) is 0 Å². The van der Waals surface area contributed by atoms with Crippen molar-refractivity contribution in [3.8, 4) is 0 Å². The molecule has 116 valence electrons. The first-order chi connectivity index (χ1) is 9.81. The van der Waals surface area contributed by atoms with Crippen LogP contribution in [-0.2, 0) is 14.8 Å². The maximum Gasteiger partial charge on any atom is 0.335 e. The van der Waals surface area contributed by atoms with Crippen LogP contribution in [0.5, 0.6) is 0 Å². The van der Waals surface area contributed by atoms with Crippen LogP contribution >= 0.6 is 0 Å². The number of carbonyl (C=O) groups is 1. The largest absolute Gasteiger partial charge is 0.478 e. The first-order valence-electron chi connectivity index (χ1n) is 6.75. The van der Waals surface area contributed by atoms with Gasteiger partial charge in [-0.1, -0.05) is 6.07 Å². The lowest BCUT2D eigenvalue weighted by Crippen LogP contribution is -2.38. The van der Waals surface area contributed by atoms with Crippen molar-refractivity contribution in [2.24, 2.45) is 5.92 Å². The minimum absolute atomic E-state index is 0.00488. The van der Waals surface area contributed by atoms with E-state index in [1.807, 2.05) is 0 Å². The van der Waals surface area contributed by atoms with Crippen LogP contribution in [0.3, 0.4) is 0 Å². The van der Waals surface area contributed by atoms with Gasteiger partial charge in [0.2, 0.25) is 10.0 Å². The number of benzene rings is 1. The van der Waals surface area contributed by atoms with E-state index in [1.54, 1.807) is 13.8 Å². The Balaban J connectivity index is 2.23. The molecule has 2 rings (SSSR count). The molecule has 21 heavy (non-hydrogen) atoms. The third-order valence-electron chi connectivity index (χ3n) is 3.76. The Hall–Kier alpha value is -1.44. The molecule has 1 aliphatic heterocycles. The molecular weight excluding hydrogens is 294 g/mol. The van der Waals surface area contributed by atoms with E-state index in [1.165, 1.54) is 18.2 Å². The molecule has 1 fully saturated rings. The van der Waals surface area contributed by atoms with Gasteiger partial charge in [0.15, 0.2) is 0 Å². The summed E-state index contributed by atoms with van der Waals surface area (Å²) in [6.07, 6.45) is 0.817. The molecule has 1 aromatic carbocycles. The van der Waals surface area contributed by atoms with E-state index in [0.717, 1.165) is 6.42 Å². The fraction of sp³-hybridized carbons (Fsp3) is 0.500. The normalized spacial score (nSPS) is 20.4. The standard InChI is InChI=1S/C14H19NO5S/c1-9-3-4-12(7-13(9)14(16)17)21(18,19)15-10(2)11-5-6-20-8-11/h3-4,7,10-11,15H,5-6,8H2,1-2H3,(H,16,17). The van der Waals surface area contributed by atoms with E-state index in [9.17, 15) is 13.2 Å². The summed E-state index contributed by atoms with van der Waals surface area (Å²) in [5.41, 5.74) is 0.522. The van der Waals surface area contributed by atoms with Crippen molar-refractivity contribution in [2.45, 2.75) is 31.2 Å². The molecule has 0 bridgehead atoms. The lowest BCUT2D eigenvalue weighted by atomic mass is 10.0. The molecule has 0 aliphatic carbocycles. The molecule has 1 aromatic rings. The molecule has 0 amide bonds. The summed E-state index contributed by atoms with van der Waals surface area (Å²) < 4.78 is 32.5. The highest BCUT2D eigenvalue weighted by atomic mass is 32.2. The highest BCUT2D eigenvalue weighted by Crippen LogP contribution is 2.20. The summed E-state index contributed by atoms with van der Waals surface area (Å²) in [7, 11) is -3.74. The van der Waals surface area contributed by atoms with Crippen molar-refractivity contribution in [3.63, 3.8) is 0 Å². The zero-order chi connectivity index (χ0) is 15.6. The number of sulfonamides is 1. The third-order valence-corrected chi connectivity index (χ3v) is 5.32. The van der Waals surface area contributed by atoms with E-state index in [0.29, 0.717) is 18.8 Å². The van der Waals surface area contributed by atoms with Crippen LogP contribution in [0.1, 0.15) is 29.3 Å². The zero-order valence-electron chi connectivity index (χ0n) is 12.0. The predicted molar refractivity (Wildman–Crippen MR) is 76.8 cm³/mol. The molecule has 1 aliphatic rings. The number of hydrogen-bond donors (Lipinski definition) is 2. The fourth-order valence-corrected chi connectivity index (χ4v) is 3.69. The molecule has 0 aromatic heterocycles. The average Bonchev–Trinajstić information content (AvgIpc) is 2.92. The number of carboxylic acid groups (broad SMARTS) is 1. The number of rotatable bonds is 5. The highest BCUT2D eigenvalue weighted by Gasteiger charge is 2.27. The Morgan fingerprint density at radius 1 is 1.48 bits per heavy atom. The lowest BCUT2D eigenvalue weighted by Gasteiger charge is -2.19. The van der Waals surface area contributed by atoms with E-state index in [4.69, 9.17) is 9.84 Å². The van der Waals surface area contributed by atoms with Crippen molar-refractivity contribution < 1.29 is 23.1 Å². The van der Waals surface area contributed by atoms with Gasteiger partial charge in [-0.05, 0) is 38.0 Å². The first kappa shape index (κ1) is 15.9. The highest BCUT2D eigenvalue weighted by molar-refractivity contribution is 7.89. The van der Waals surface area contributed by atoms with Gasteiger partial charge < -0.3 is 9.84 Å². The topological polar surface area (TPSA) is 92.7 Å². The van der Waals surface area contributed by atoms with Crippen LogP contribution in [0.25, 0.3) is 0 Å². The number of ether oxygens (including phenoxy) is 1. The number of aryl methyl sites for hydroxylation is 1. The molecule has 2 atom stereocenters. The van der Waals surface area contributed by atoms with E-state index in [2.05, 4.69) is 4.72 Å². The molecule has 7 heteroatoms. The van der Waals surface area contributed by atoms with Gasteiger partial charge in [-0.25, -0.2) is 17.9 Å². The summed E-state index contributed by atoms with van der Waals surface area (Å²) >= 11 is 0. The number of hydrogen-bond acceptors (Lipinski definition) is 4. The molecule has 0 saturated carbocycles. The smallest absolute Gasteiger partial charge is 0.335 e. The minimum atomic E-state index is -3.74. The maximum atomic E-state index is 12.3. The molecule has 0 spiro atoms. The Labute approximate surface area is 124 Å². The number of aromatic carboxylic acids is 1. The quantitative estimate of drug-likeness (QED) is 0.857. The van der Waals surface area contributed by atoms with E-state index in [-0.39, 0.29) is 22.4 Å². The number of carboxylic acids is 1.